The van der Waals surface area contributed by atoms with Gasteiger partial charge in [-0.2, -0.15) is 0 Å². The van der Waals surface area contributed by atoms with Crippen LogP contribution in [-0.4, -0.2) is 37.6 Å². The second-order valence-corrected chi connectivity index (χ2v) is 11.6. The van der Waals surface area contributed by atoms with Gasteiger partial charge in [-0.25, -0.2) is 0 Å². The first-order chi connectivity index (χ1) is 19.8. The summed E-state index contributed by atoms with van der Waals surface area (Å²) >= 11 is 0. The molecule has 224 valence electrons. The maximum atomic E-state index is 6.43. The van der Waals surface area contributed by atoms with Crippen LogP contribution >= 0.6 is 0 Å². The summed E-state index contributed by atoms with van der Waals surface area (Å²) in [5.41, 5.74) is 2.33. The van der Waals surface area contributed by atoms with Crippen LogP contribution in [0.2, 0.25) is 0 Å². The van der Waals surface area contributed by atoms with Crippen molar-refractivity contribution in [1.82, 2.24) is 0 Å². The van der Waals surface area contributed by atoms with E-state index in [0.717, 1.165) is 18.6 Å². The molecule has 0 amide bonds. The molecule has 0 radical (unpaired) electrons. The van der Waals surface area contributed by atoms with Gasteiger partial charge >= 0.3 is 0 Å². The zero-order valence-corrected chi connectivity index (χ0v) is 25.4. The zero-order valence-electron chi connectivity index (χ0n) is 25.4. The lowest BCUT2D eigenvalue weighted by molar-refractivity contribution is -0.112. The number of hydrogen-bond acceptors (Lipinski definition) is 4. The van der Waals surface area contributed by atoms with Gasteiger partial charge in [-0.1, -0.05) is 151 Å². The third-order valence-corrected chi connectivity index (χ3v) is 8.08. The van der Waals surface area contributed by atoms with Crippen molar-refractivity contribution in [2.24, 2.45) is 0 Å². The van der Waals surface area contributed by atoms with Crippen LogP contribution in [0, 0.1) is 0 Å². The monoisotopic (exact) mass is 552 g/mol. The lowest BCUT2D eigenvalue weighted by Gasteiger charge is -2.27. The first-order valence-corrected chi connectivity index (χ1v) is 16.3. The molecule has 1 heterocycles. The van der Waals surface area contributed by atoms with E-state index in [9.17, 15) is 0 Å². The van der Waals surface area contributed by atoms with Crippen molar-refractivity contribution < 1.29 is 18.9 Å². The number of benzene rings is 2. The lowest BCUT2D eigenvalue weighted by atomic mass is 10.0. The Morgan fingerprint density at radius 3 is 1.70 bits per heavy atom. The Morgan fingerprint density at radius 2 is 1.15 bits per heavy atom. The highest BCUT2D eigenvalue weighted by Gasteiger charge is 2.42. The first kappa shape index (κ1) is 32.8. The Morgan fingerprint density at radius 1 is 0.650 bits per heavy atom. The minimum Gasteiger partial charge on any atom is -0.373 e. The largest absolute Gasteiger partial charge is 0.373 e. The van der Waals surface area contributed by atoms with E-state index >= 15 is 0 Å². The average Bonchev–Trinajstić information content (AvgIpc) is 3.40. The van der Waals surface area contributed by atoms with Crippen LogP contribution in [0.25, 0.3) is 0 Å². The molecule has 0 N–H and O–H groups in total. The van der Waals surface area contributed by atoms with Crippen LogP contribution in [0.4, 0.5) is 0 Å². The minimum atomic E-state index is -0.145. The molecule has 2 aromatic carbocycles. The third kappa shape index (κ3) is 13.3. The molecule has 1 saturated heterocycles. The number of ether oxygens (including phenoxy) is 4. The van der Waals surface area contributed by atoms with Gasteiger partial charge in [-0.3, -0.25) is 0 Å². The normalized spacial score (nSPS) is 19.7. The van der Waals surface area contributed by atoms with Crippen LogP contribution in [-0.2, 0) is 32.2 Å². The van der Waals surface area contributed by atoms with E-state index in [4.69, 9.17) is 18.9 Å². The highest BCUT2D eigenvalue weighted by molar-refractivity contribution is 5.14. The Kier molecular flexibility index (Phi) is 17.3. The second-order valence-electron chi connectivity index (χ2n) is 11.6. The fraction of sp³-hybridized carbons (Fsp3) is 0.667. The van der Waals surface area contributed by atoms with Crippen LogP contribution in [0.3, 0.4) is 0 Å². The fourth-order valence-electron chi connectivity index (χ4n) is 5.55. The maximum absolute atomic E-state index is 6.43. The Labute approximate surface area is 245 Å². The van der Waals surface area contributed by atoms with Crippen LogP contribution in [0.5, 0.6) is 0 Å². The zero-order chi connectivity index (χ0) is 28.1. The van der Waals surface area contributed by atoms with Gasteiger partial charge in [0, 0.05) is 6.61 Å². The van der Waals surface area contributed by atoms with Crippen molar-refractivity contribution in [1.29, 1.82) is 0 Å². The average molecular weight is 553 g/mol. The van der Waals surface area contributed by atoms with Gasteiger partial charge in [-0.05, 0) is 24.5 Å². The summed E-state index contributed by atoms with van der Waals surface area (Å²) in [6.07, 6.45) is 18.7. The first-order valence-electron chi connectivity index (χ1n) is 16.3. The van der Waals surface area contributed by atoms with Gasteiger partial charge in [0.2, 0.25) is 0 Å². The van der Waals surface area contributed by atoms with Crippen LogP contribution in [0.15, 0.2) is 60.7 Å². The molecule has 4 atom stereocenters. The molecule has 1 aliphatic heterocycles. The minimum absolute atomic E-state index is 0.0570. The van der Waals surface area contributed by atoms with E-state index in [-0.39, 0.29) is 24.4 Å². The Balaban J connectivity index is 1.30. The van der Waals surface area contributed by atoms with Gasteiger partial charge in [-0.15, -0.1) is 0 Å². The van der Waals surface area contributed by atoms with Gasteiger partial charge < -0.3 is 18.9 Å². The SMILES string of the molecule is CCCCCCCCCCCCCCCCO[C@H]1CO[C@H]([C@H](C)OCc2ccccc2)[C@@H]1OCc1ccccc1. The molecule has 0 unspecified atom stereocenters. The summed E-state index contributed by atoms with van der Waals surface area (Å²) in [5, 5.41) is 0. The van der Waals surface area contributed by atoms with Crippen molar-refractivity contribution in [2.75, 3.05) is 13.2 Å². The van der Waals surface area contributed by atoms with Gasteiger partial charge in [0.1, 0.15) is 18.3 Å². The van der Waals surface area contributed by atoms with E-state index in [1.54, 1.807) is 0 Å². The van der Waals surface area contributed by atoms with E-state index in [0.29, 0.717) is 19.8 Å². The molecular formula is C36H56O4. The third-order valence-electron chi connectivity index (χ3n) is 8.08. The molecule has 4 nitrogen and oxygen atoms in total. The highest BCUT2D eigenvalue weighted by atomic mass is 16.6. The smallest absolute Gasteiger partial charge is 0.115 e. The number of unbranched alkanes of at least 4 members (excludes halogenated alkanes) is 13. The van der Waals surface area contributed by atoms with Crippen molar-refractivity contribution in [3.63, 3.8) is 0 Å². The molecular weight excluding hydrogens is 496 g/mol. The maximum Gasteiger partial charge on any atom is 0.115 e. The van der Waals surface area contributed by atoms with Crippen molar-refractivity contribution in [3.05, 3.63) is 71.8 Å². The van der Waals surface area contributed by atoms with Crippen LogP contribution < -0.4 is 0 Å². The summed E-state index contributed by atoms with van der Waals surface area (Å²) in [7, 11) is 0. The molecule has 2 aromatic rings. The van der Waals surface area contributed by atoms with Gasteiger partial charge in [0.05, 0.1) is 25.9 Å². The topological polar surface area (TPSA) is 36.9 Å². The quantitative estimate of drug-likeness (QED) is 0.129. The molecule has 0 bridgehead atoms. The molecule has 0 spiro atoms. The Bertz CT molecular complexity index is 842. The summed E-state index contributed by atoms with van der Waals surface area (Å²) in [6.45, 7) is 6.82. The van der Waals surface area contributed by atoms with Gasteiger partial charge in [0.25, 0.3) is 0 Å². The molecule has 3 rings (SSSR count). The molecule has 40 heavy (non-hydrogen) atoms. The highest BCUT2D eigenvalue weighted by Crippen LogP contribution is 2.27. The molecule has 0 aromatic heterocycles. The molecule has 0 saturated carbocycles. The summed E-state index contributed by atoms with van der Waals surface area (Å²) in [5.74, 6) is 0. The summed E-state index contributed by atoms with van der Waals surface area (Å²) in [6, 6.07) is 20.6. The van der Waals surface area contributed by atoms with Crippen molar-refractivity contribution >= 4 is 0 Å². The lowest BCUT2D eigenvalue weighted by Crippen LogP contribution is -2.41. The molecule has 1 fully saturated rings. The molecule has 4 heteroatoms. The van der Waals surface area contributed by atoms with Crippen LogP contribution in [0.1, 0.15) is 115 Å². The fourth-order valence-corrected chi connectivity index (χ4v) is 5.55. The van der Waals surface area contributed by atoms with Gasteiger partial charge in [0.15, 0.2) is 0 Å². The van der Waals surface area contributed by atoms with E-state index in [2.05, 4.69) is 50.2 Å². The van der Waals surface area contributed by atoms with E-state index in [1.165, 1.54) is 89.0 Å². The van der Waals surface area contributed by atoms with Crippen molar-refractivity contribution in [2.45, 2.75) is 141 Å². The number of hydrogen-bond donors (Lipinski definition) is 0. The summed E-state index contributed by atoms with van der Waals surface area (Å²) < 4.78 is 25.2. The molecule has 1 aliphatic rings. The summed E-state index contributed by atoms with van der Waals surface area (Å²) in [4.78, 5) is 0. The Hall–Kier alpha value is -1.72. The van der Waals surface area contributed by atoms with Crippen molar-refractivity contribution in [3.8, 4) is 0 Å². The number of rotatable bonds is 23. The molecule has 0 aliphatic carbocycles. The van der Waals surface area contributed by atoms with E-state index in [1.807, 2.05) is 24.3 Å². The standard InChI is InChI=1S/C36H56O4/c1-3-4-5-6-7-8-9-10-11-12-13-14-15-22-27-37-34-30-40-35(31(2)38-28-32-23-18-16-19-24-32)36(34)39-29-33-25-20-17-21-26-33/h16-21,23-26,31,34-36H,3-15,22,27-30H2,1-2H3/t31-,34-,35+,36+/m0/s1. The second kappa shape index (κ2) is 21.1. The predicted molar refractivity (Wildman–Crippen MR) is 166 cm³/mol. The predicted octanol–water partition coefficient (Wildman–Crippen LogP) is 9.44. The van der Waals surface area contributed by atoms with E-state index < -0.39 is 0 Å².